The van der Waals surface area contributed by atoms with Gasteiger partial charge in [-0.25, -0.2) is 4.79 Å². The number of carbonyl (C=O) groups excluding carboxylic acids is 1. The number of nitrogens with two attached hydrogens (primary N) is 1. The molecule has 0 radical (unpaired) electrons. The summed E-state index contributed by atoms with van der Waals surface area (Å²) in [6.07, 6.45) is 7.71. The first-order valence-electron chi connectivity index (χ1n) is 7.71. The number of rotatable bonds is 2. The van der Waals surface area contributed by atoms with Gasteiger partial charge in [-0.15, -0.1) is 0 Å². The van der Waals surface area contributed by atoms with Gasteiger partial charge in [-0.3, -0.25) is 0 Å². The Morgan fingerprint density at radius 2 is 1.50 bits per heavy atom. The number of benzene rings is 1. The van der Waals surface area contributed by atoms with Crippen LogP contribution in [0.5, 0.6) is 5.75 Å². The molecule has 4 aliphatic carbocycles. The second-order valence-corrected chi connectivity index (χ2v) is 7.14. The van der Waals surface area contributed by atoms with Crippen LogP contribution >= 0.6 is 0 Å². The van der Waals surface area contributed by atoms with Crippen molar-refractivity contribution in [2.45, 2.75) is 43.9 Å². The van der Waals surface area contributed by atoms with Crippen molar-refractivity contribution in [3.05, 3.63) is 29.8 Å². The quantitative estimate of drug-likeness (QED) is 0.893. The van der Waals surface area contributed by atoms with Crippen molar-refractivity contribution < 1.29 is 9.53 Å². The zero-order chi connectivity index (χ0) is 13.7. The Hall–Kier alpha value is -1.51. The molecule has 0 unspecified atom stereocenters. The molecule has 20 heavy (non-hydrogen) atoms. The number of hydrogen-bond donors (Lipinski definition) is 1. The predicted molar refractivity (Wildman–Crippen MR) is 76.5 cm³/mol. The Kier molecular flexibility index (Phi) is 2.60. The van der Waals surface area contributed by atoms with Gasteiger partial charge in [0.25, 0.3) is 0 Å². The van der Waals surface area contributed by atoms with Gasteiger partial charge in [-0.2, -0.15) is 0 Å². The lowest BCUT2D eigenvalue weighted by Gasteiger charge is -2.57. The molecule has 4 bridgehead atoms. The Labute approximate surface area is 119 Å². The molecule has 1 aromatic carbocycles. The maximum absolute atomic E-state index is 10.8. The predicted octanol–water partition coefficient (Wildman–Crippen LogP) is 3.61. The third-order valence-corrected chi connectivity index (χ3v) is 5.72. The van der Waals surface area contributed by atoms with E-state index in [9.17, 15) is 4.79 Å². The Morgan fingerprint density at radius 3 is 1.95 bits per heavy atom. The summed E-state index contributed by atoms with van der Waals surface area (Å²) in [6, 6.07) is 8.06. The molecule has 1 aromatic rings. The van der Waals surface area contributed by atoms with E-state index in [0.29, 0.717) is 11.2 Å². The maximum Gasteiger partial charge on any atom is 0.409 e. The van der Waals surface area contributed by atoms with Crippen molar-refractivity contribution in [1.82, 2.24) is 0 Å². The largest absolute Gasteiger partial charge is 0.411 e. The van der Waals surface area contributed by atoms with Gasteiger partial charge in [0.2, 0.25) is 0 Å². The van der Waals surface area contributed by atoms with Gasteiger partial charge in [0, 0.05) is 0 Å². The van der Waals surface area contributed by atoms with Crippen LogP contribution in [0.15, 0.2) is 24.3 Å². The highest BCUT2D eigenvalue weighted by molar-refractivity contribution is 5.68. The fourth-order valence-electron chi connectivity index (χ4n) is 5.46. The summed E-state index contributed by atoms with van der Waals surface area (Å²) < 4.78 is 4.93. The van der Waals surface area contributed by atoms with E-state index in [-0.39, 0.29) is 0 Å². The molecule has 3 nitrogen and oxygen atoms in total. The zero-order valence-corrected chi connectivity index (χ0v) is 11.7. The van der Waals surface area contributed by atoms with Crippen molar-refractivity contribution in [3.63, 3.8) is 0 Å². The minimum absolute atomic E-state index is 0.403. The average molecular weight is 271 g/mol. The number of carbonyl (C=O) groups is 1. The molecule has 0 spiro atoms. The summed E-state index contributed by atoms with van der Waals surface area (Å²) in [5.41, 5.74) is 6.89. The standard InChI is InChI=1S/C17H21NO2/c18-16(19)20-15-3-1-14(2-4-15)17-8-11-5-12(9-17)7-13(6-11)10-17/h1-4,11-13H,5-10H2,(H2,18,19). The zero-order valence-electron chi connectivity index (χ0n) is 11.7. The lowest BCUT2D eigenvalue weighted by molar-refractivity contribution is -0.00519. The molecule has 0 aromatic heterocycles. The van der Waals surface area contributed by atoms with Gasteiger partial charge >= 0.3 is 6.09 Å². The van der Waals surface area contributed by atoms with Gasteiger partial charge in [0.05, 0.1) is 0 Å². The number of primary amides is 1. The molecule has 4 saturated carbocycles. The van der Waals surface area contributed by atoms with Gasteiger partial charge in [0.15, 0.2) is 0 Å². The summed E-state index contributed by atoms with van der Waals surface area (Å²) in [4.78, 5) is 10.8. The summed E-state index contributed by atoms with van der Waals surface area (Å²) in [7, 11) is 0. The normalized spacial score (nSPS) is 37.9. The van der Waals surface area contributed by atoms with E-state index in [1.54, 1.807) is 0 Å². The highest BCUT2D eigenvalue weighted by Gasteiger charge is 2.51. The van der Waals surface area contributed by atoms with Gasteiger partial charge in [-0.1, -0.05) is 12.1 Å². The number of ether oxygens (including phenoxy) is 1. The molecule has 3 heteroatoms. The van der Waals surface area contributed by atoms with E-state index < -0.39 is 6.09 Å². The van der Waals surface area contributed by atoms with E-state index in [1.807, 2.05) is 12.1 Å². The van der Waals surface area contributed by atoms with Crippen molar-refractivity contribution in [2.75, 3.05) is 0 Å². The Balaban J connectivity index is 1.62. The first-order chi connectivity index (χ1) is 9.63. The molecule has 0 atom stereocenters. The second-order valence-electron chi connectivity index (χ2n) is 7.14. The Bertz CT molecular complexity index is 499. The van der Waals surface area contributed by atoms with Crippen LogP contribution in [0.2, 0.25) is 0 Å². The molecule has 0 aliphatic heterocycles. The van der Waals surface area contributed by atoms with E-state index in [4.69, 9.17) is 10.5 Å². The van der Waals surface area contributed by atoms with Crippen LogP contribution in [0.1, 0.15) is 44.1 Å². The molecular weight excluding hydrogens is 250 g/mol. The second kappa shape index (κ2) is 4.24. The van der Waals surface area contributed by atoms with E-state index in [2.05, 4.69) is 12.1 Å². The van der Waals surface area contributed by atoms with Gasteiger partial charge in [-0.05, 0) is 79.4 Å². The van der Waals surface area contributed by atoms with Crippen LogP contribution in [-0.2, 0) is 5.41 Å². The molecule has 5 rings (SSSR count). The minimum atomic E-state index is -0.743. The molecule has 106 valence electrons. The highest BCUT2D eigenvalue weighted by Crippen LogP contribution is 2.60. The van der Waals surface area contributed by atoms with Crippen molar-refractivity contribution >= 4 is 6.09 Å². The van der Waals surface area contributed by atoms with Crippen LogP contribution in [0.25, 0.3) is 0 Å². The fraction of sp³-hybridized carbons (Fsp3) is 0.588. The SMILES string of the molecule is NC(=O)Oc1ccc(C23CC4CC(CC(C4)C2)C3)cc1. The van der Waals surface area contributed by atoms with Crippen LogP contribution in [0.3, 0.4) is 0 Å². The molecule has 0 heterocycles. The highest BCUT2D eigenvalue weighted by atomic mass is 16.5. The van der Waals surface area contributed by atoms with Crippen LogP contribution < -0.4 is 10.5 Å². The van der Waals surface area contributed by atoms with Crippen LogP contribution in [0.4, 0.5) is 4.79 Å². The average Bonchev–Trinajstić information content (AvgIpc) is 2.37. The minimum Gasteiger partial charge on any atom is -0.411 e. The third kappa shape index (κ3) is 1.91. The molecule has 1 amide bonds. The Morgan fingerprint density at radius 1 is 1.00 bits per heavy atom. The maximum atomic E-state index is 10.8. The summed E-state index contributed by atoms with van der Waals surface area (Å²) in [5, 5.41) is 0. The van der Waals surface area contributed by atoms with Crippen LogP contribution in [-0.4, -0.2) is 6.09 Å². The number of hydrogen-bond acceptors (Lipinski definition) is 2. The lowest BCUT2D eigenvalue weighted by Crippen LogP contribution is -2.48. The van der Waals surface area contributed by atoms with Crippen LogP contribution in [0, 0.1) is 17.8 Å². The van der Waals surface area contributed by atoms with Gasteiger partial charge in [0.1, 0.15) is 5.75 Å². The van der Waals surface area contributed by atoms with Crippen molar-refractivity contribution in [2.24, 2.45) is 23.5 Å². The molecule has 4 aliphatic rings. The topological polar surface area (TPSA) is 52.3 Å². The fourth-order valence-corrected chi connectivity index (χ4v) is 5.46. The third-order valence-electron chi connectivity index (χ3n) is 5.72. The first kappa shape index (κ1) is 12.2. The molecule has 0 saturated heterocycles. The molecule has 2 N–H and O–H groups in total. The molecular formula is C17H21NO2. The summed E-state index contributed by atoms with van der Waals surface area (Å²) in [5.74, 6) is 3.39. The van der Waals surface area contributed by atoms with Crippen molar-refractivity contribution in [3.8, 4) is 5.75 Å². The van der Waals surface area contributed by atoms with Gasteiger partial charge < -0.3 is 10.5 Å². The smallest absolute Gasteiger partial charge is 0.409 e. The summed E-state index contributed by atoms with van der Waals surface area (Å²) >= 11 is 0. The lowest BCUT2D eigenvalue weighted by atomic mass is 9.48. The summed E-state index contributed by atoms with van der Waals surface area (Å²) in [6.45, 7) is 0. The number of amides is 1. The van der Waals surface area contributed by atoms with Crippen molar-refractivity contribution in [1.29, 1.82) is 0 Å². The van der Waals surface area contributed by atoms with E-state index >= 15 is 0 Å². The first-order valence-corrected chi connectivity index (χ1v) is 7.71. The molecule has 4 fully saturated rings. The van der Waals surface area contributed by atoms with E-state index in [0.717, 1.165) is 17.8 Å². The van der Waals surface area contributed by atoms with E-state index in [1.165, 1.54) is 44.1 Å². The monoisotopic (exact) mass is 271 g/mol.